The molecular formula is C30H45NO6. The second-order valence-corrected chi connectivity index (χ2v) is 13.4. The van der Waals surface area contributed by atoms with E-state index in [1.807, 2.05) is 32.9 Å². The minimum Gasteiger partial charge on any atom is -0.438 e. The van der Waals surface area contributed by atoms with Crippen LogP contribution in [-0.2, 0) is 19.0 Å². The van der Waals surface area contributed by atoms with E-state index in [0.717, 1.165) is 37.7 Å². The molecule has 5 rings (SSSR count). The summed E-state index contributed by atoms with van der Waals surface area (Å²) in [6, 6.07) is 0. The van der Waals surface area contributed by atoms with Crippen molar-refractivity contribution in [2.24, 2.45) is 28.6 Å². The molecule has 0 unspecified atom stereocenters. The highest BCUT2D eigenvalue weighted by molar-refractivity contribution is 5.95. The lowest BCUT2D eigenvalue weighted by Crippen LogP contribution is -2.68. The fraction of sp³-hybridized carbons (Fsp3) is 0.800. The smallest absolute Gasteiger partial charge is 0.410 e. The van der Waals surface area contributed by atoms with Gasteiger partial charge in [-0.15, -0.1) is 0 Å². The third-order valence-electron chi connectivity index (χ3n) is 10.4. The van der Waals surface area contributed by atoms with Crippen molar-refractivity contribution in [3.8, 4) is 0 Å². The van der Waals surface area contributed by atoms with Crippen LogP contribution in [0.5, 0.6) is 0 Å². The van der Waals surface area contributed by atoms with Crippen molar-refractivity contribution >= 4 is 11.9 Å². The number of hydrogen-bond acceptors (Lipinski definition) is 6. The Hall–Kier alpha value is -1.70. The van der Waals surface area contributed by atoms with Gasteiger partial charge in [-0.3, -0.25) is 4.79 Å². The number of likely N-dealkylation sites (tertiary alicyclic amines) is 1. The van der Waals surface area contributed by atoms with Crippen molar-refractivity contribution in [2.45, 2.75) is 104 Å². The fourth-order valence-corrected chi connectivity index (χ4v) is 7.79. The molecule has 0 aromatic heterocycles. The van der Waals surface area contributed by atoms with Gasteiger partial charge in [-0.2, -0.15) is 0 Å². The summed E-state index contributed by atoms with van der Waals surface area (Å²) in [6.07, 6.45) is 6.53. The molecule has 3 aliphatic carbocycles. The lowest BCUT2D eigenvalue weighted by atomic mass is 9.59. The van der Waals surface area contributed by atoms with Crippen molar-refractivity contribution in [2.75, 3.05) is 19.7 Å². The number of amides is 1. The van der Waals surface area contributed by atoms with Gasteiger partial charge in [0.2, 0.25) is 0 Å². The van der Waals surface area contributed by atoms with Crippen LogP contribution in [0.3, 0.4) is 0 Å². The summed E-state index contributed by atoms with van der Waals surface area (Å²) in [6.45, 7) is 15.6. The SMILES string of the molecule is CC1=C[C@]23C(=O)[C@@H](C=C4COC(C)(C)O[C@H]4[C@]2(O)[C@H]1OC(=O)N1CCCCCC1)C(C)(C)[C@@H](C)C[C@H]3C. The number of rotatable bonds is 1. The van der Waals surface area contributed by atoms with Crippen molar-refractivity contribution in [3.05, 3.63) is 23.3 Å². The first-order valence-electron chi connectivity index (χ1n) is 14.2. The summed E-state index contributed by atoms with van der Waals surface area (Å²) in [4.78, 5) is 30.0. The van der Waals surface area contributed by atoms with Crippen molar-refractivity contribution in [3.63, 3.8) is 0 Å². The summed E-state index contributed by atoms with van der Waals surface area (Å²) >= 11 is 0. The summed E-state index contributed by atoms with van der Waals surface area (Å²) in [5.74, 6) is -1.33. The van der Waals surface area contributed by atoms with E-state index >= 15 is 0 Å². The first kappa shape index (κ1) is 26.9. The first-order chi connectivity index (χ1) is 17.3. The standard InChI is InChI=1S/C30H45NO6/c1-18-16-29-20(3)14-19(2)27(4,5)22(23(29)32)15-21-17-35-28(6,7)37-25(21)30(29,34)24(18)36-26(33)31-12-10-8-9-11-13-31/h15-16,19-20,22,24-25,34H,8-14,17H2,1-7H3/t19-,20+,22+,24-,25+,29-,30+/m0/s1. The Labute approximate surface area is 221 Å². The number of fused-ring (bicyclic) bond motifs is 3. The largest absolute Gasteiger partial charge is 0.438 e. The average molecular weight is 516 g/mol. The second-order valence-electron chi connectivity index (χ2n) is 13.4. The van der Waals surface area contributed by atoms with E-state index in [0.29, 0.717) is 18.7 Å². The maximum Gasteiger partial charge on any atom is 0.410 e. The normalized spacial score (nSPS) is 42.9. The second kappa shape index (κ2) is 8.92. The molecular weight excluding hydrogens is 470 g/mol. The summed E-state index contributed by atoms with van der Waals surface area (Å²) in [5, 5.41) is 13.1. The maximum atomic E-state index is 14.8. The van der Waals surface area contributed by atoms with Gasteiger partial charge in [-0.05, 0) is 68.4 Å². The third-order valence-corrected chi connectivity index (χ3v) is 10.4. The molecule has 2 saturated heterocycles. The van der Waals surface area contributed by atoms with Crippen LogP contribution in [-0.4, -0.2) is 65.2 Å². The predicted octanol–water partition coefficient (Wildman–Crippen LogP) is 5.02. The number of hydrogen-bond donors (Lipinski definition) is 1. The summed E-state index contributed by atoms with van der Waals surface area (Å²) in [5.41, 5.74) is -1.88. The number of nitrogens with zero attached hydrogens (tertiary/aromatic N) is 1. The van der Waals surface area contributed by atoms with Crippen LogP contribution in [0.25, 0.3) is 0 Å². The highest BCUT2D eigenvalue weighted by Gasteiger charge is 2.74. The summed E-state index contributed by atoms with van der Waals surface area (Å²) in [7, 11) is 0. The Bertz CT molecular complexity index is 1020. The van der Waals surface area contributed by atoms with E-state index in [1.165, 1.54) is 0 Å². The molecule has 7 heteroatoms. The number of ether oxygens (including phenoxy) is 3. The predicted molar refractivity (Wildman–Crippen MR) is 140 cm³/mol. The van der Waals surface area contributed by atoms with Gasteiger partial charge in [-0.25, -0.2) is 4.79 Å². The zero-order valence-electron chi connectivity index (χ0n) is 23.6. The van der Waals surface area contributed by atoms with Crippen LogP contribution in [0.1, 0.15) is 80.6 Å². The van der Waals surface area contributed by atoms with Gasteiger partial charge in [0.05, 0.1) is 12.0 Å². The molecule has 0 aromatic carbocycles. The molecule has 1 N–H and O–H groups in total. The van der Waals surface area contributed by atoms with Gasteiger partial charge < -0.3 is 24.2 Å². The molecule has 1 amide bonds. The average Bonchev–Trinajstić information content (AvgIpc) is 3.02. The van der Waals surface area contributed by atoms with Gasteiger partial charge in [0.25, 0.3) is 0 Å². The van der Waals surface area contributed by atoms with Gasteiger partial charge >= 0.3 is 6.09 Å². The van der Waals surface area contributed by atoms with Crippen molar-refractivity contribution < 1.29 is 28.9 Å². The number of carbonyl (C=O) groups excluding carboxylic acids is 2. The molecule has 37 heavy (non-hydrogen) atoms. The molecule has 0 radical (unpaired) electrons. The molecule has 206 valence electrons. The van der Waals surface area contributed by atoms with E-state index in [9.17, 15) is 14.7 Å². The number of Topliss-reactive ketones (excluding diaryl/α,β-unsaturated/α-hetero) is 1. The molecule has 0 aromatic rings. The summed E-state index contributed by atoms with van der Waals surface area (Å²) < 4.78 is 18.8. The highest BCUT2D eigenvalue weighted by Crippen LogP contribution is 2.63. The molecule has 7 nitrogen and oxygen atoms in total. The van der Waals surface area contributed by atoms with E-state index in [1.54, 1.807) is 4.90 Å². The lowest BCUT2D eigenvalue weighted by Gasteiger charge is -2.52. The molecule has 7 atom stereocenters. The van der Waals surface area contributed by atoms with Crippen molar-refractivity contribution in [1.29, 1.82) is 0 Å². The van der Waals surface area contributed by atoms with Gasteiger partial charge in [0, 0.05) is 19.0 Å². The molecule has 1 saturated carbocycles. The van der Waals surface area contributed by atoms with Crippen LogP contribution >= 0.6 is 0 Å². The monoisotopic (exact) mass is 515 g/mol. The molecule has 3 fully saturated rings. The zero-order chi connectivity index (χ0) is 27.0. The molecule has 1 spiro atoms. The van der Waals surface area contributed by atoms with Gasteiger partial charge in [0.15, 0.2) is 23.3 Å². The van der Waals surface area contributed by atoms with Crippen LogP contribution in [0.15, 0.2) is 23.3 Å². The van der Waals surface area contributed by atoms with Crippen LogP contribution in [0.4, 0.5) is 4.79 Å². The lowest BCUT2D eigenvalue weighted by molar-refractivity contribution is -0.303. The maximum absolute atomic E-state index is 14.8. The Kier molecular flexibility index (Phi) is 6.48. The van der Waals surface area contributed by atoms with Gasteiger partial charge in [0.1, 0.15) is 6.10 Å². The molecule has 5 aliphatic rings. The third kappa shape index (κ3) is 3.86. The first-order valence-corrected chi connectivity index (χ1v) is 14.2. The minimum atomic E-state index is -1.78. The van der Waals surface area contributed by atoms with Crippen molar-refractivity contribution in [1.82, 2.24) is 4.90 Å². The Morgan fingerprint density at radius 3 is 2.38 bits per heavy atom. The van der Waals surface area contributed by atoms with E-state index in [2.05, 4.69) is 27.7 Å². The van der Waals surface area contributed by atoms with Crippen LogP contribution < -0.4 is 0 Å². The number of ketones is 1. The van der Waals surface area contributed by atoms with Gasteiger partial charge in [-0.1, -0.05) is 52.7 Å². The Morgan fingerprint density at radius 1 is 1.08 bits per heavy atom. The quantitative estimate of drug-likeness (QED) is 0.494. The van der Waals surface area contributed by atoms with Crippen LogP contribution in [0, 0.1) is 28.6 Å². The zero-order valence-corrected chi connectivity index (χ0v) is 23.6. The molecule has 2 bridgehead atoms. The minimum absolute atomic E-state index is 0.00664. The number of carbonyl (C=O) groups is 2. The number of aliphatic hydroxyl groups is 1. The fourth-order valence-electron chi connectivity index (χ4n) is 7.79. The molecule has 2 heterocycles. The molecule has 2 aliphatic heterocycles. The van der Waals surface area contributed by atoms with E-state index in [4.69, 9.17) is 14.2 Å². The van der Waals surface area contributed by atoms with Crippen LogP contribution in [0.2, 0.25) is 0 Å². The van der Waals surface area contributed by atoms with E-state index in [-0.39, 0.29) is 29.6 Å². The topological polar surface area (TPSA) is 85.3 Å². The van der Waals surface area contributed by atoms with E-state index < -0.39 is 41.0 Å². The number of allylic oxidation sites excluding steroid dienone is 1. The Balaban J connectivity index is 1.66. The highest BCUT2D eigenvalue weighted by atomic mass is 16.7. The Morgan fingerprint density at radius 2 is 1.73 bits per heavy atom.